The first-order valence-corrected chi connectivity index (χ1v) is 6.99. The normalized spacial score (nSPS) is 11.0. The molecule has 0 bridgehead atoms. The topological polar surface area (TPSA) is 80.9 Å². The molecule has 0 unspecified atom stereocenters. The van der Waals surface area contributed by atoms with Gasteiger partial charge in [-0.05, 0) is 37.3 Å². The van der Waals surface area contributed by atoms with Gasteiger partial charge in [-0.15, -0.1) is 10.2 Å². The molecule has 0 saturated heterocycles. The Morgan fingerprint density at radius 3 is 2.43 bits per heavy atom. The SMILES string of the molecule is Cc1ccc(-n2c(/C=C\C(=O)O)nnc2-c2ccncc2)cc1. The van der Waals surface area contributed by atoms with Gasteiger partial charge in [0, 0.05) is 29.7 Å². The number of benzene rings is 1. The van der Waals surface area contributed by atoms with E-state index in [0.717, 1.165) is 22.9 Å². The van der Waals surface area contributed by atoms with Crippen molar-refractivity contribution in [2.75, 3.05) is 0 Å². The molecule has 3 rings (SSSR count). The Bertz CT molecular complexity index is 852. The molecule has 0 fully saturated rings. The van der Waals surface area contributed by atoms with Gasteiger partial charge in [0.05, 0.1) is 0 Å². The molecule has 0 radical (unpaired) electrons. The van der Waals surface area contributed by atoms with Crippen molar-refractivity contribution >= 4 is 12.0 Å². The van der Waals surface area contributed by atoms with Crippen molar-refractivity contribution in [1.29, 1.82) is 0 Å². The van der Waals surface area contributed by atoms with Crippen LogP contribution in [-0.4, -0.2) is 30.8 Å². The molecule has 0 amide bonds. The van der Waals surface area contributed by atoms with Crippen LogP contribution in [0.2, 0.25) is 0 Å². The van der Waals surface area contributed by atoms with Gasteiger partial charge in [0.1, 0.15) is 0 Å². The molecule has 1 N–H and O–H groups in total. The van der Waals surface area contributed by atoms with Gasteiger partial charge in [-0.25, -0.2) is 4.79 Å². The minimum Gasteiger partial charge on any atom is -0.478 e. The van der Waals surface area contributed by atoms with Crippen LogP contribution in [0.3, 0.4) is 0 Å². The van der Waals surface area contributed by atoms with Gasteiger partial charge in [0.25, 0.3) is 0 Å². The van der Waals surface area contributed by atoms with E-state index in [-0.39, 0.29) is 0 Å². The molecule has 2 heterocycles. The predicted octanol–water partition coefficient (Wildman–Crippen LogP) is 2.74. The second-order valence-corrected chi connectivity index (χ2v) is 4.96. The van der Waals surface area contributed by atoms with E-state index in [9.17, 15) is 4.79 Å². The van der Waals surface area contributed by atoms with Crippen LogP contribution in [0.25, 0.3) is 23.2 Å². The maximum atomic E-state index is 10.8. The van der Waals surface area contributed by atoms with Crippen LogP contribution in [0.5, 0.6) is 0 Å². The van der Waals surface area contributed by atoms with Crippen molar-refractivity contribution in [2.24, 2.45) is 0 Å². The van der Waals surface area contributed by atoms with Gasteiger partial charge in [0.15, 0.2) is 11.6 Å². The molecule has 0 aliphatic carbocycles. The first-order valence-electron chi connectivity index (χ1n) is 6.99. The highest BCUT2D eigenvalue weighted by molar-refractivity contribution is 5.84. The molecule has 6 heteroatoms. The molecule has 23 heavy (non-hydrogen) atoms. The van der Waals surface area contributed by atoms with E-state index in [1.807, 2.05) is 47.9 Å². The lowest BCUT2D eigenvalue weighted by Crippen LogP contribution is -2.00. The fourth-order valence-electron chi connectivity index (χ4n) is 2.19. The number of carboxylic acids is 1. The van der Waals surface area contributed by atoms with Gasteiger partial charge < -0.3 is 5.11 Å². The van der Waals surface area contributed by atoms with Crippen LogP contribution in [0.4, 0.5) is 0 Å². The molecule has 0 aliphatic rings. The van der Waals surface area contributed by atoms with Crippen molar-refractivity contribution in [3.8, 4) is 17.1 Å². The summed E-state index contributed by atoms with van der Waals surface area (Å²) in [6.07, 6.45) is 5.83. The lowest BCUT2D eigenvalue weighted by Gasteiger charge is -2.09. The van der Waals surface area contributed by atoms with Crippen LogP contribution in [0.1, 0.15) is 11.4 Å². The second-order valence-electron chi connectivity index (χ2n) is 4.96. The van der Waals surface area contributed by atoms with E-state index >= 15 is 0 Å². The highest BCUT2D eigenvalue weighted by atomic mass is 16.4. The highest BCUT2D eigenvalue weighted by Crippen LogP contribution is 2.23. The van der Waals surface area contributed by atoms with E-state index < -0.39 is 5.97 Å². The molecule has 6 nitrogen and oxygen atoms in total. The third-order valence-corrected chi connectivity index (χ3v) is 3.29. The summed E-state index contributed by atoms with van der Waals surface area (Å²) in [6.45, 7) is 2.00. The van der Waals surface area contributed by atoms with E-state index in [2.05, 4.69) is 15.2 Å². The first-order chi connectivity index (χ1) is 11.1. The van der Waals surface area contributed by atoms with Crippen LogP contribution in [0, 0.1) is 6.92 Å². The average molecular weight is 306 g/mol. The fourth-order valence-corrected chi connectivity index (χ4v) is 2.19. The smallest absolute Gasteiger partial charge is 0.328 e. The fraction of sp³-hybridized carbons (Fsp3) is 0.0588. The minimum atomic E-state index is -1.03. The first kappa shape index (κ1) is 14.6. The Hall–Kier alpha value is -3.28. The van der Waals surface area contributed by atoms with E-state index in [4.69, 9.17) is 5.11 Å². The Kier molecular flexibility index (Phi) is 3.97. The van der Waals surface area contributed by atoms with Crippen LogP contribution >= 0.6 is 0 Å². The van der Waals surface area contributed by atoms with E-state index in [1.54, 1.807) is 12.4 Å². The maximum Gasteiger partial charge on any atom is 0.328 e. The van der Waals surface area contributed by atoms with Crippen molar-refractivity contribution in [1.82, 2.24) is 19.7 Å². The Morgan fingerprint density at radius 1 is 1.09 bits per heavy atom. The summed E-state index contributed by atoms with van der Waals surface area (Å²) in [5.74, 6) is 0.0401. The third kappa shape index (κ3) is 3.16. The zero-order valence-corrected chi connectivity index (χ0v) is 12.4. The quantitative estimate of drug-likeness (QED) is 0.750. The summed E-state index contributed by atoms with van der Waals surface area (Å²) in [7, 11) is 0. The van der Waals surface area contributed by atoms with Crippen LogP contribution in [0.15, 0.2) is 54.9 Å². The molecule has 1 aromatic carbocycles. The van der Waals surface area contributed by atoms with Gasteiger partial charge >= 0.3 is 5.97 Å². The Labute approximate surface area is 132 Å². The number of hydrogen-bond donors (Lipinski definition) is 1. The van der Waals surface area contributed by atoms with Crippen LogP contribution in [-0.2, 0) is 4.79 Å². The molecular formula is C17H14N4O2. The minimum absolute atomic E-state index is 0.447. The third-order valence-electron chi connectivity index (χ3n) is 3.29. The molecule has 3 aromatic rings. The van der Waals surface area contributed by atoms with Gasteiger partial charge in [-0.3, -0.25) is 9.55 Å². The monoisotopic (exact) mass is 306 g/mol. The summed E-state index contributed by atoms with van der Waals surface area (Å²) in [6, 6.07) is 11.5. The number of aryl methyl sites for hydroxylation is 1. The molecular weight excluding hydrogens is 292 g/mol. The number of carboxylic acid groups (broad SMARTS) is 1. The van der Waals surface area contributed by atoms with Crippen molar-refractivity contribution in [3.63, 3.8) is 0 Å². The number of carbonyl (C=O) groups is 1. The molecule has 0 spiro atoms. The summed E-state index contributed by atoms with van der Waals surface area (Å²) in [4.78, 5) is 14.8. The van der Waals surface area contributed by atoms with Gasteiger partial charge in [0.2, 0.25) is 0 Å². The molecule has 0 aliphatic heterocycles. The highest BCUT2D eigenvalue weighted by Gasteiger charge is 2.14. The number of rotatable bonds is 4. The Balaban J connectivity index is 2.17. The lowest BCUT2D eigenvalue weighted by atomic mass is 10.2. The van der Waals surface area contributed by atoms with Gasteiger partial charge in [-0.2, -0.15) is 0 Å². The van der Waals surface area contributed by atoms with Crippen molar-refractivity contribution < 1.29 is 9.90 Å². The average Bonchev–Trinajstić information content (AvgIpc) is 2.98. The maximum absolute atomic E-state index is 10.8. The molecule has 0 saturated carbocycles. The number of aromatic nitrogens is 4. The lowest BCUT2D eigenvalue weighted by molar-refractivity contribution is -0.131. The van der Waals surface area contributed by atoms with E-state index in [0.29, 0.717) is 11.6 Å². The van der Waals surface area contributed by atoms with Crippen molar-refractivity contribution in [3.05, 3.63) is 66.3 Å². The predicted molar refractivity (Wildman–Crippen MR) is 86.0 cm³/mol. The van der Waals surface area contributed by atoms with Gasteiger partial charge in [-0.1, -0.05) is 17.7 Å². The van der Waals surface area contributed by atoms with E-state index in [1.165, 1.54) is 6.08 Å². The largest absolute Gasteiger partial charge is 0.478 e. The molecule has 0 atom stereocenters. The second kappa shape index (κ2) is 6.23. The number of nitrogens with zero attached hydrogens (tertiary/aromatic N) is 4. The number of pyridine rings is 1. The van der Waals surface area contributed by atoms with Crippen LogP contribution < -0.4 is 0 Å². The summed E-state index contributed by atoms with van der Waals surface area (Å²) >= 11 is 0. The summed E-state index contributed by atoms with van der Waals surface area (Å²) < 4.78 is 1.81. The standard InChI is InChI=1S/C17H14N4O2/c1-12-2-4-14(5-3-12)21-15(6-7-16(22)23)19-20-17(21)13-8-10-18-11-9-13/h2-11H,1H3,(H,22,23)/b7-6-. The zero-order valence-electron chi connectivity index (χ0n) is 12.4. The molecule has 114 valence electrons. The zero-order chi connectivity index (χ0) is 16.2. The van der Waals surface area contributed by atoms with Crippen molar-refractivity contribution in [2.45, 2.75) is 6.92 Å². The Morgan fingerprint density at radius 2 is 1.78 bits per heavy atom. The number of aliphatic carboxylic acids is 1. The summed E-state index contributed by atoms with van der Waals surface area (Å²) in [5, 5.41) is 17.2. The molecule has 2 aromatic heterocycles. The number of hydrogen-bond acceptors (Lipinski definition) is 4. The summed E-state index contributed by atoms with van der Waals surface area (Å²) in [5.41, 5.74) is 2.84.